The number of H-pyrrole nitrogens is 1. The Hall–Kier alpha value is -2.53. The Bertz CT molecular complexity index is 899. The zero-order valence-corrected chi connectivity index (χ0v) is 15.7. The highest BCUT2D eigenvalue weighted by molar-refractivity contribution is 5.83. The number of aryl methyl sites for hydroxylation is 1. The number of benzene rings is 2. The molecule has 1 saturated heterocycles. The number of nitrogens with one attached hydrogen (secondary N) is 1. The van der Waals surface area contributed by atoms with E-state index in [1.807, 2.05) is 24.4 Å². The molecule has 0 bridgehead atoms. The number of rotatable bonds is 6. The normalized spacial score (nSPS) is 15.4. The molecule has 0 saturated carbocycles. The van der Waals surface area contributed by atoms with E-state index in [9.17, 15) is 4.39 Å². The van der Waals surface area contributed by atoms with Crippen LogP contribution in [0.5, 0.6) is 5.75 Å². The van der Waals surface area contributed by atoms with Crippen LogP contribution in [-0.4, -0.2) is 49.7 Å². The second kappa shape index (κ2) is 8.01. The van der Waals surface area contributed by atoms with E-state index in [1.54, 1.807) is 13.2 Å². The number of aromatic amines is 1. The van der Waals surface area contributed by atoms with Crippen molar-refractivity contribution < 1.29 is 9.13 Å². The van der Waals surface area contributed by atoms with Gasteiger partial charge in [-0.15, -0.1) is 0 Å². The van der Waals surface area contributed by atoms with Crippen molar-refractivity contribution in [2.45, 2.75) is 12.8 Å². The Labute approximate surface area is 159 Å². The fourth-order valence-corrected chi connectivity index (χ4v) is 3.89. The largest absolute Gasteiger partial charge is 0.497 e. The van der Waals surface area contributed by atoms with Crippen molar-refractivity contribution in [1.82, 2.24) is 9.88 Å². The van der Waals surface area contributed by atoms with Crippen LogP contribution in [0.3, 0.4) is 0 Å². The van der Waals surface area contributed by atoms with Gasteiger partial charge in [0.05, 0.1) is 7.11 Å². The summed E-state index contributed by atoms with van der Waals surface area (Å²) in [5.74, 6) is 0.738. The van der Waals surface area contributed by atoms with Gasteiger partial charge in [0, 0.05) is 55.0 Å². The third-order valence-corrected chi connectivity index (χ3v) is 5.44. The molecule has 0 amide bonds. The highest BCUT2D eigenvalue weighted by Gasteiger charge is 2.17. The topological polar surface area (TPSA) is 31.5 Å². The van der Waals surface area contributed by atoms with Crippen LogP contribution in [0.4, 0.5) is 10.1 Å². The highest BCUT2D eigenvalue weighted by Crippen LogP contribution is 2.23. The van der Waals surface area contributed by atoms with Crippen LogP contribution >= 0.6 is 0 Å². The maximum Gasteiger partial charge on any atom is 0.123 e. The maximum atomic E-state index is 13.5. The molecule has 5 heteroatoms. The predicted octanol–water partition coefficient (Wildman–Crippen LogP) is 4.07. The number of nitrogens with zero attached hydrogens (tertiary/aromatic N) is 2. The van der Waals surface area contributed by atoms with Crippen LogP contribution in [-0.2, 0) is 6.42 Å². The van der Waals surface area contributed by atoms with E-state index in [4.69, 9.17) is 4.74 Å². The number of methoxy groups -OCH3 is 1. The zero-order valence-electron chi connectivity index (χ0n) is 15.7. The van der Waals surface area contributed by atoms with Crippen LogP contribution in [0.25, 0.3) is 10.9 Å². The number of hydrogen-bond acceptors (Lipinski definition) is 3. The summed E-state index contributed by atoms with van der Waals surface area (Å²) in [6.45, 7) is 5.28. The van der Waals surface area contributed by atoms with Gasteiger partial charge < -0.3 is 14.6 Å². The smallest absolute Gasteiger partial charge is 0.123 e. The fraction of sp³-hybridized carbons (Fsp3) is 0.364. The lowest BCUT2D eigenvalue weighted by Crippen LogP contribution is -2.46. The summed E-state index contributed by atoms with van der Waals surface area (Å²) >= 11 is 0. The van der Waals surface area contributed by atoms with Gasteiger partial charge in [-0.25, -0.2) is 4.39 Å². The molecule has 1 aliphatic heterocycles. The quantitative estimate of drug-likeness (QED) is 0.713. The molecular weight excluding hydrogens is 341 g/mol. The first kappa shape index (κ1) is 17.9. The summed E-state index contributed by atoms with van der Waals surface area (Å²) < 4.78 is 18.8. The molecule has 3 aromatic rings. The molecule has 4 rings (SSSR count). The van der Waals surface area contributed by atoms with E-state index in [2.05, 4.69) is 26.9 Å². The molecule has 142 valence electrons. The van der Waals surface area contributed by atoms with Crippen molar-refractivity contribution in [3.05, 3.63) is 60.0 Å². The summed E-state index contributed by atoms with van der Waals surface area (Å²) in [5, 5.41) is 1.01. The van der Waals surface area contributed by atoms with Gasteiger partial charge in [0.1, 0.15) is 11.6 Å². The first-order valence-electron chi connectivity index (χ1n) is 9.60. The number of halogens is 1. The molecule has 0 aliphatic carbocycles. The van der Waals surface area contributed by atoms with Crippen LogP contribution in [0.15, 0.2) is 48.7 Å². The Morgan fingerprint density at radius 1 is 1.07 bits per heavy atom. The van der Waals surface area contributed by atoms with Crippen molar-refractivity contribution in [3.63, 3.8) is 0 Å². The van der Waals surface area contributed by atoms with Crippen molar-refractivity contribution >= 4 is 16.6 Å². The number of ether oxygens (including phenoxy) is 1. The van der Waals surface area contributed by atoms with Gasteiger partial charge in [-0.3, -0.25) is 4.90 Å². The fourth-order valence-electron chi connectivity index (χ4n) is 3.89. The summed E-state index contributed by atoms with van der Waals surface area (Å²) in [4.78, 5) is 8.18. The second-order valence-corrected chi connectivity index (χ2v) is 7.14. The van der Waals surface area contributed by atoms with Crippen molar-refractivity contribution in [1.29, 1.82) is 0 Å². The number of piperazine rings is 1. The summed E-state index contributed by atoms with van der Waals surface area (Å²) in [5.41, 5.74) is 3.45. The van der Waals surface area contributed by atoms with Gasteiger partial charge in [0.25, 0.3) is 0 Å². The Morgan fingerprint density at radius 2 is 1.93 bits per heavy atom. The molecule has 1 N–H and O–H groups in total. The molecule has 27 heavy (non-hydrogen) atoms. The van der Waals surface area contributed by atoms with Crippen LogP contribution < -0.4 is 9.64 Å². The van der Waals surface area contributed by atoms with E-state index in [0.717, 1.165) is 62.2 Å². The molecular formula is C22H26FN3O. The van der Waals surface area contributed by atoms with E-state index in [1.165, 1.54) is 17.3 Å². The van der Waals surface area contributed by atoms with Crippen LogP contribution in [0.1, 0.15) is 12.0 Å². The average molecular weight is 367 g/mol. The number of anilines is 1. The van der Waals surface area contributed by atoms with E-state index in [0.29, 0.717) is 0 Å². The lowest BCUT2D eigenvalue weighted by atomic mass is 10.1. The van der Waals surface area contributed by atoms with Crippen LogP contribution in [0, 0.1) is 5.82 Å². The standard InChI is InChI=1S/C22H26FN3O/c1-27-20-6-2-5-19(15-20)26-12-10-25(11-13-26)9-3-4-17-16-24-22-8-7-18(23)14-21(17)22/h2,5-8,14-16,24H,3-4,9-13H2,1H3. The van der Waals surface area contributed by atoms with Crippen LogP contribution in [0.2, 0.25) is 0 Å². The third-order valence-electron chi connectivity index (χ3n) is 5.44. The third kappa shape index (κ3) is 4.08. The predicted molar refractivity (Wildman–Crippen MR) is 108 cm³/mol. The van der Waals surface area contributed by atoms with Crippen molar-refractivity contribution in [3.8, 4) is 5.75 Å². The Morgan fingerprint density at radius 3 is 2.74 bits per heavy atom. The summed E-state index contributed by atoms with van der Waals surface area (Å²) in [6, 6.07) is 13.2. The highest BCUT2D eigenvalue weighted by atomic mass is 19.1. The minimum Gasteiger partial charge on any atom is -0.497 e. The van der Waals surface area contributed by atoms with Gasteiger partial charge in [0.2, 0.25) is 0 Å². The average Bonchev–Trinajstić information content (AvgIpc) is 3.11. The minimum absolute atomic E-state index is 0.169. The summed E-state index contributed by atoms with van der Waals surface area (Å²) in [6.07, 6.45) is 4.08. The molecule has 0 atom stereocenters. The molecule has 0 radical (unpaired) electrons. The molecule has 2 heterocycles. The molecule has 0 spiro atoms. The van der Waals surface area contributed by atoms with Crippen molar-refractivity contribution in [2.24, 2.45) is 0 Å². The molecule has 1 aliphatic rings. The number of fused-ring (bicyclic) bond motifs is 1. The Balaban J connectivity index is 1.27. The van der Waals surface area contributed by atoms with Gasteiger partial charge in [0.15, 0.2) is 0 Å². The van der Waals surface area contributed by atoms with Crippen molar-refractivity contribution in [2.75, 3.05) is 44.7 Å². The van der Waals surface area contributed by atoms with E-state index >= 15 is 0 Å². The van der Waals surface area contributed by atoms with E-state index in [-0.39, 0.29) is 5.82 Å². The van der Waals surface area contributed by atoms with E-state index < -0.39 is 0 Å². The number of aromatic nitrogens is 1. The molecule has 1 aromatic heterocycles. The first-order chi connectivity index (χ1) is 13.2. The second-order valence-electron chi connectivity index (χ2n) is 7.14. The maximum absolute atomic E-state index is 13.5. The first-order valence-corrected chi connectivity index (χ1v) is 9.60. The molecule has 1 fully saturated rings. The van der Waals surface area contributed by atoms with Gasteiger partial charge in [-0.1, -0.05) is 6.07 Å². The summed E-state index contributed by atoms with van der Waals surface area (Å²) in [7, 11) is 1.71. The molecule has 0 unspecified atom stereocenters. The lowest BCUT2D eigenvalue weighted by molar-refractivity contribution is 0.255. The number of hydrogen-bond donors (Lipinski definition) is 1. The minimum atomic E-state index is -0.169. The molecule has 4 nitrogen and oxygen atoms in total. The Kier molecular flexibility index (Phi) is 5.30. The molecule has 2 aromatic carbocycles. The zero-order chi connectivity index (χ0) is 18.6. The lowest BCUT2D eigenvalue weighted by Gasteiger charge is -2.36. The van der Waals surface area contributed by atoms with Gasteiger partial charge in [-0.05, 0) is 55.3 Å². The van der Waals surface area contributed by atoms with Gasteiger partial charge in [-0.2, -0.15) is 0 Å². The van der Waals surface area contributed by atoms with Gasteiger partial charge >= 0.3 is 0 Å². The SMILES string of the molecule is COc1cccc(N2CCN(CCCc3c[nH]c4ccc(F)cc34)CC2)c1. The monoisotopic (exact) mass is 367 g/mol.